The molecule has 0 aliphatic heterocycles. The summed E-state index contributed by atoms with van der Waals surface area (Å²) in [6.45, 7) is 2.32. The van der Waals surface area contributed by atoms with E-state index in [-0.39, 0.29) is 6.10 Å². The molecule has 0 saturated heterocycles. The summed E-state index contributed by atoms with van der Waals surface area (Å²) in [4.78, 5) is 0. The van der Waals surface area contributed by atoms with Crippen LogP contribution < -0.4 is 0 Å². The van der Waals surface area contributed by atoms with Gasteiger partial charge in [0.05, 0.1) is 18.3 Å². The van der Waals surface area contributed by atoms with Crippen LogP contribution in [0, 0.1) is 5.92 Å². The van der Waals surface area contributed by atoms with Crippen molar-refractivity contribution in [2.45, 2.75) is 70.2 Å². The molecule has 0 amide bonds. The minimum Gasteiger partial charge on any atom is -0.393 e. The van der Waals surface area contributed by atoms with E-state index in [1.54, 1.807) is 0 Å². The van der Waals surface area contributed by atoms with E-state index in [4.69, 9.17) is 4.74 Å². The van der Waals surface area contributed by atoms with Gasteiger partial charge in [0.15, 0.2) is 0 Å². The van der Waals surface area contributed by atoms with Gasteiger partial charge in [0, 0.05) is 0 Å². The smallest absolute Gasteiger partial charge is 0.0604 e. The van der Waals surface area contributed by atoms with Gasteiger partial charge in [0.25, 0.3) is 0 Å². The lowest BCUT2D eigenvalue weighted by molar-refractivity contribution is -0.0393. The van der Waals surface area contributed by atoms with E-state index < -0.39 is 0 Å². The van der Waals surface area contributed by atoms with Gasteiger partial charge in [0.1, 0.15) is 0 Å². The van der Waals surface area contributed by atoms with E-state index in [1.807, 2.05) is 0 Å². The van der Waals surface area contributed by atoms with E-state index in [0.29, 0.717) is 12.2 Å². The summed E-state index contributed by atoms with van der Waals surface area (Å²) in [6.07, 6.45) is 8.75. The Morgan fingerprint density at radius 1 is 1.00 bits per heavy atom. The fourth-order valence-corrected chi connectivity index (χ4v) is 2.82. The van der Waals surface area contributed by atoms with Crippen LogP contribution >= 0.6 is 0 Å². The van der Waals surface area contributed by atoms with Gasteiger partial charge in [-0.1, -0.05) is 19.8 Å². The second kappa shape index (κ2) is 4.63. The van der Waals surface area contributed by atoms with E-state index >= 15 is 0 Å². The lowest BCUT2D eigenvalue weighted by Gasteiger charge is -2.29. The normalized spacial score (nSPS) is 44.1. The highest BCUT2D eigenvalue weighted by atomic mass is 16.5. The number of rotatable bonds is 2. The quantitative estimate of drug-likeness (QED) is 0.738. The summed E-state index contributed by atoms with van der Waals surface area (Å²) in [7, 11) is 0. The molecule has 2 aliphatic carbocycles. The molecule has 0 heterocycles. The molecule has 0 aromatic rings. The summed E-state index contributed by atoms with van der Waals surface area (Å²) >= 11 is 0. The predicted octanol–water partition coefficient (Wildman–Crippen LogP) is 2.50. The molecule has 2 nitrogen and oxygen atoms in total. The van der Waals surface area contributed by atoms with Gasteiger partial charge < -0.3 is 9.84 Å². The Bertz CT molecular complexity index is 181. The molecule has 0 bridgehead atoms. The lowest BCUT2D eigenvalue weighted by Crippen LogP contribution is -2.26. The molecule has 2 aliphatic rings. The van der Waals surface area contributed by atoms with Crippen LogP contribution in [0.5, 0.6) is 0 Å². The third-order valence-corrected chi connectivity index (χ3v) is 3.63. The Hall–Kier alpha value is -0.0800. The van der Waals surface area contributed by atoms with Crippen LogP contribution in [-0.4, -0.2) is 23.4 Å². The number of hydrogen-bond acceptors (Lipinski definition) is 2. The SMILES string of the molecule is CC1CCCC(OC2CCC(O)C2)C1. The highest BCUT2D eigenvalue weighted by Crippen LogP contribution is 2.30. The van der Waals surface area contributed by atoms with Crippen LogP contribution in [0.4, 0.5) is 0 Å². The minimum absolute atomic E-state index is 0.0963. The number of aliphatic hydroxyl groups is 1. The van der Waals surface area contributed by atoms with Crippen LogP contribution in [0.3, 0.4) is 0 Å². The molecule has 4 unspecified atom stereocenters. The maximum Gasteiger partial charge on any atom is 0.0604 e. The van der Waals surface area contributed by atoms with Crippen LogP contribution in [0.15, 0.2) is 0 Å². The Kier molecular flexibility index (Phi) is 3.45. The third-order valence-electron chi connectivity index (χ3n) is 3.63. The Balaban J connectivity index is 1.74. The van der Waals surface area contributed by atoms with E-state index in [9.17, 15) is 5.11 Å². The van der Waals surface area contributed by atoms with Crippen molar-refractivity contribution in [2.75, 3.05) is 0 Å². The molecule has 0 aromatic carbocycles. The number of aliphatic hydroxyl groups excluding tert-OH is 1. The average molecular weight is 198 g/mol. The summed E-state index contributed by atoms with van der Waals surface area (Å²) < 4.78 is 6.03. The van der Waals surface area contributed by atoms with Crippen LogP contribution in [0.2, 0.25) is 0 Å². The zero-order chi connectivity index (χ0) is 9.97. The van der Waals surface area contributed by atoms with Crippen molar-refractivity contribution in [1.82, 2.24) is 0 Å². The van der Waals surface area contributed by atoms with Gasteiger partial charge in [0.2, 0.25) is 0 Å². The first-order valence-corrected chi connectivity index (χ1v) is 6.07. The van der Waals surface area contributed by atoms with Crippen molar-refractivity contribution < 1.29 is 9.84 Å². The van der Waals surface area contributed by atoms with Crippen molar-refractivity contribution in [3.05, 3.63) is 0 Å². The lowest BCUT2D eigenvalue weighted by atomic mass is 9.88. The average Bonchev–Trinajstić information content (AvgIpc) is 2.51. The summed E-state index contributed by atoms with van der Waals surface area (Å²) in [6, 6.07) is 0. The summed E-state index contributed by atoms with van der Waals surface area (Å²) in [5, 5.41) is 9.40. The molecule has 2 fully saturated rings. The van der Waals surface area contributed by atoms with E-state index in [0.717, 1.165) is 25.2 Å². The number of ether oxygens (including phenoxy) is 1. The Morgan fingerprint density at radius 2 is 1.79 bits per heavy atom. The van der Waals surface area contributed by atoms with Gasteiger partial charge in [-0.15, -0.1) is 0 Å². The maximum atomic E-state index is 9.40. The molecule has 4 atom stereocenters. The molecule has 14 heavy (non-hydrogen) atoms. The highest BCUT2D eigenvalue weighted by molar-refractivity contribution is 4.78. The Labute approximate surface area is 86.6 Å². The zero-order valence-corrected chi connectivity index (χ0v) is 9.11. The molecular weight excluding hydrogens is 176 g/mol. The standard InChI is InChI=1S/C12H22O2/c1-9-3-2-4-11(7-9)14-12-6-5-10(13)8-12/h9-13H,2-8H2,1H3. The molecule has 82 valence electrons. The van der Waals surface area contributed by atoms with Gasteiger partial charge >= 0.3 is 0 Å². The Morgan fingerprint density at radius 3 is 2.43 bits per heavy atom. The van der Waals surface area contributed by atoms with Crippen molar-refractivity contribution in [2.24, 2.45) is 5.92 Å². The fourth-order valence-electron chi connectivity index (χ4n) is 2.82. The van der Waals surface area contributed by atoms with Gasteiger partial charge in [-0.3, -0.25) is 0 Å². The molecule has 1 N–H and O–H groups in total. The second-order valence-corrected chi connectivity index (χ2v) is 5.12. The molecule has 0 spiro atoms. The number of hydrogen-bond donors (Lipinski definition) is 1. The third kappa shape index (κ3) is 2.71. The van der Waals surface area contributed by atoms with Crippen LogP contribution in [-0.2, 0) is 4.74 Å². The molecule has 0 radical (unpaired) electrons. The predicted molar refractivity (Wildman–Crippen MR) is 56.2 cm³/mol. The molecule has 2 saturated carbocycles. The molecule has 0 aromatic heterocycles. The topological polar surface area (TPSA) is 29.5 Å². The molecule has 2 heteroatoms. The van der Waals surface area contributed by atoms with E-state index in [1.165, 1.54) is 25.7 Å². The van der Waals surface area contributed by atoms with Crippen molar-refractivity contribution in [1.29, 1.82) is 0 Å². The first-order chi connectivity index (χ1) is 6.74. The fraction of sp³-hybridized carbons (Fsp3) is 1.00. The summed E-state index contributed by atoms with van der Waals surface area (Å²) in [5.41, 5.74) is 0. The largest absolute Gasteiger partial charge is 0.393 e. The van der Waals surface area contributed by atoms with Crippen LogP contribution in [0.25, 0.3) is 0 Å². The van der Waals surface area contributed by atoms with Crippen molar-refractivity contribution >= 4 is 0 Å². The van der Waals surface area contributed by atoms with Crippen LogP contribution in [0.1, 0.15) is 51.9 Å². The van der Waals surface area contributed by atoms with Gasteiger partial charge in [-0.2, -0.15) is 0 Å². The minimum atomic E-state index is -0.0963. The molecule has 2 rings (SSSR count). The van der Waals surface area contributed by atoms with Gasteiger partial charge in [-0.25, -0.2) is 0 Å². The van der Waals surface area contributed by atoms with Crippen molar-refractivity contribution in [3.63, 3.8) is 0 Å². The highest BCUT2D eigenvalue weighted by Gasteiger charge is 2.28. The monoisotopic (exact) mass is 198 g/mol. The first-order valence-electron chi connectivity index (χ1n) is 6.07. The van der Waals surface area contributed by atoms with Gasteiger partial charge in [-0.05, 0) is 38.0 Å². The molecular formula is C12H22O2. The van der Waals surface area contributed by atoms with E-state index in [2.05, 4.69) is 6.92 Å². The summed E-state index contributed by atoms with van der Waals surface area (Å²) in [5.74, 6) is 0.833. The first kappa shape index (κ1) is 10.4. The second-order valence-electron chi connectivity index (χ2n) is 5.12. The maximum absolute atomic E-state index is 9.40. The van der Waals surface area contributed by atoms with Crippen molar-refractivity contribution in [3.8, 4) is 0 Å². The zero-order valence-electron chi connectivity index (χ0n) is 9.11.